The Balaban J connectivity index is 1.27. The largest absolute Gasteiger partial charge is 0.478 e. The van der Waals surface area contributed by atoms with Gasteiger partial charge in [0.05, 0.1) is 28.5 Å². The van der Waals surface area contributed by atoms with E-state index in [1.165, 1.54) is 23.8 Å². The molecule has 2 aliphatic carbocycles. The molecule has 3 aromatic heterocycles. The summed E-state index contributed by atoms with van der Waals surface area (Å²) >= 11 is 0. The lowest BCUT2D eigenvalue weighted by Gasteiger charge is -2.30. The molecule has 5 aromatic rings. The number of aromatic nitrogens is 5. The van der Waals surface area contributed by atoms with Crippen molar-refractivity contribution < 1.29 is 14.7 Å². The summed E-state index contributed by atoms with van der Waals surface area (Å²) in [7, 11) is 2.06. The van der Waals surface area contributed by atoms with Gasteiger partial charge in [-0.15, -0.1) is 0 Å². The number of rotatable bonds is 8. The van der Waals surface area contributed by atoms with Crippen molar-refractivity contribution in [3.63, 3.8) is 0 Å². The van der Waals surface area contributed by atoms with Crippen molar-refractivity contribution in [1.29, 1.82) is 0 Å². The van der Waals surface area contributed by atoms with Gasteiger partial charge in [0.1, 0.15) is 11.5 Å². The molecule has 9 nitrogen and oxygen atoms in total. The maximum atomic E-state index is 14.1. The molecular weight excluding hydrogens is 564 g/mol. The number of carbonyl (C=O) groups is 2. The summed E-state index contributed by atoms with van der Waals surface area (Å²) in [5.74, 6) is 0.233. The first-order valence-corrected chi connectivity index (χ1v) is 16.0. The molecule has 0 spiro atoms. The number of aliphatic carboxylic acids is 1. The molecule has 0 bridgehead atoms. The third kappa shape index (κ3) is 5.10. The normalized spacial score (nSPS) is 16.8. The lowest BCUT2D eigenvalue weighted by atomic mass is 9.92. The van der Waals surface area contributed by atoms with E-state index in [9.17, 15) is 9.59 Å². The monoisotopic (exact) mass is 602 g/mol. The van der Waals surface area contributed by atoms with Gasteiger partial charge in [-0.3, -0.25) is 14.8 Å². The molecule has 2 fully saturated rings. The van der Waals surface area contributed by atoms with Crippen LogP contribution in [0.3, 0.4) is 0 Å². The van der Waals surface area contributed by atoms with Gasteiger partial charge in [0.25, 0.3) is 5.91 Å². The molecule has 0 saturated heterocycles. The molecular formula is C36H38N6O3. The van der Waals surface area contributed by atoms with E-state index in [0.717, 1.165) is 83.9 Å². The number of imidazole rings is 1. The lowest BCUT2D eigenvalue weighted by molar-refractivity contribution is -0.131. The topological polar surface area (TPSA) is 115 Å². The second-order valence-corrected chi connectivity index (χ2v) is 12.5. The Labute approximate surface area is 262 Å². The van der Waals surface area contributed by atoms with E-state index in [-0.39, 0.29) is 5.91 Å². The summed E-state index contributed by atoms with van der Waals surface area (Å²) in [5, 5.41) is 13.7. The summed E-state index contributed by atoms with van der Waals surface area (Å²) in [6.07, 6.45) is 16.4. The number of nitrogens with one attached hydrogen (secondary N) is 1. The number of carboxylic acid groups (broad SMARTS) is 1. The van der Waals surface area contributed by atoms with E-state index in [2.05, 4.69) is 44.5 Å². The van der Waals surface area contributed by atoms with Gasteiger partial charge in [-0.25, -0.2) is 9.78 Å². The van der Waals surface area contributed by atoms with Crippen molar-refractivity contribution in [2.75, 3.05) is 0 Å². The average molecular weight is 603 g/mol. The lowest BCUT2D eigenvalue weighted by Crippen LogP contribution is -2.45. The van der Waals surface area contributed by atoms with E-state index in [4.69, 9.17) is 10.1 Å². The number of amides is 1. The van der Waals surface area contributed by atoms with Crippen molar-refractivity contribution >= 4 is 39.9 Å². The number of hydrogen-bond donors (Lipinski definition) is 2. The van der Waals surface area contributed by atoms with Crippen molar-refractivity contribution in [3.8, 4) is 11.4 Å². The standard InChI is InChI=1S/C36H38N6O3/c1-3-42-30-20-23(11-15-31(43)44)10-14-27(30)39-35(42)36(16-6-7-17-36)40-34(45)25-12-13-26-29(21-25)41(2)33(28-22-37-18-19-38-28)32(26)24-8-4-5-9-24/h10-15,18-22,24H,3-9,16-17H2,1-2H3,(H,40,45)(H,43,44). The van der Waals surface area contributed by atoms with Gasteiger partial charge in [-0.05, 0) is 80.0 Å². The third-order valence-electron chi connectivity index (χ3n) is 9.82. The number of hydrogen-bond acceptors (Lipinski definition) is 5. The van der Waals surface area contributed by atoms with Crippen molar-refractivity contribution in [3.05, 3.63) is 83.6 Å². The quantitative estimate of drug-likeness (QED) is 0.186. The fourth-order valence-corrected chi connectivity index (χ4v) is 7.73. The zero-order valence-electron chi connectivity index (χ0n) is 25.8. The van der Waals surface area contributed by atoms with Gasteiger partial charge in [0.2, 0.25) is 0 Å². The number of nitrogens with zero attached hydrogens (tertiary/aromatic N) is 5. The molecule has 2 aliphatic rings. The highest BCUT2D eigenvalue weighted by Gasteiger charge is 2.41. The highest BCUT2D eigenvalue weighted by atomic mass is 16.4. The summed E-state index contributed by atoms with van der Waals surface area (Å²) in [5.41, 5.74) is 6.88. The van der Waals surface area contributed by atoms with Gasteiger partial charge in [-0.1, -0.05) is 37.8 Å². The van der Waals surface area contributed by atoms with Crippen LogP contribution in [0.25, 0.3) is 39.4 Å². The Morgan fingerprint density at radius 3 is 2.56 bits per heavy atom. The van der Waals surface area contributed by atoms with E-state index >= 15 is 0 Å². The molecule has 0 aliphatic heterocycles. The summed E-state index contributed by atoms with van der Waals surface area (Å²) in [4.78, 5) is 39.3. The number of benzene rings is 2. The Hall–Kier alpha value is -4.79. The van der Waals surface area contributed by atoms with Gasteiger partial charge < -0.3 is 19.6 Å². The van der Waals surface area contributed by atoms with Crippen LogP contribution >= 0.6 is 0 Å². The fraction of sp³-hybridized carbons (Fsp3) is 0.361. The minimum absolute atomic E-state index is 0.108. The molecule has 7 rings (SSSR count). The number of carboxylic acids is 1. The van der Waals surface area contributed by atoms with Gasteiger partial charge in [0, 0.05) is 48.5 Å². The molecule has 2 N–H and O–H groups in total. The Kier molecular flexibility index (Phi) is 7.47. The van der Waals surface area contributed by atoms with Crippen LogP contribution in [0, 0.1) is 0 Å². The molecule has 0 radical (unpaired) electrons. The van der Waals surface area contributed by atoms with Crippen LogP contribution in [-0.2, 0) is 23.9 Å². The number of aryl methyl sites for hydroxylation is 2. The first kappa shape index (κ1) is 29.0. The molecule has 2 aromatic carbocycles. The van der Waals surface area contributed by atoms with Crippen molar-refractivity contribution in [1.82, 2.24) is 29.4 Å². The van der Waals surface area contributed by atoms with Crippen molar-refractivity contribution in [2.24, 2.45) is 7.05 Å². The summed E-state index contributed by atoms with van der Waals surface area (Å²) in [6.45, 7) is 2.76. The molecule has 0 atom stereocenters. The van der Waals surface area contributed by atoms with E-state index in [1.54, 1.807) is 18.5 Å². The van der Waals surface area contributed by atoms with Crippen LogP contribution < -0.4 is 5.32 Å². The van der Waals surface area contributed by atoms with E-state index in [1.807, 2.05) is 36.5 Å². The van der Waals surface area contributed by atoms with Crippen LogP contribution in [0.2, 0.25) is 0 Å². The highest BCUT2D eigenvalue weighted by Crippen LogP contribution is 2.44. The molecule has 0 unspecified atom stereocenters. The van der Waals surface area contributed by atoms with E-state index < -0.39 is 11.5 Å². The van der Waals surface area contributed by atoms with Crippen LogP contribution in [0.1, 0.15) is 91.5 Å². The summed E-state index contributed by atoms with van der Waals surface area (Å²) in [6, 6.07) is 11.9. The minimum Gasteiger partial charge on any atom is -0.478 e. The predicted molar refractivity (Wildman–Crippen MR) is 175 cm³/mol. The first-order chi connectivity index (χ1) is 21.9. The van der Waals surface area contributed by atoms with Crippen molar-refractivity contribution in [2.45, 2.75) is 76.3 Å². The molecule has 1 amide bonds. The second-order valence-electron chi connectivity index (χ2n) is 12.5. The maximum Gasteiger partial charge on any atom is 0.328 e. The number of fused-ring (bicyclic) bond motifs is 2. The zero-order chi connectivity index (χ0) is 31.1. The molecule has 9 heteroatoms. The molecule has 45 heavy (non-hydrogen) atoms. The second kappa shape index (κ2) is 11.6. The highest BCUT2D eigenvalue weighted by molar-refractivity contribution is 6.01. The summed E-state index contributed by atoms with van der Waals surface area (Å²) < 4.78 is 4.35. The average Bonchev–Trinajstić information content (AvgIpc) is 3.86. The van der Waals surface area contributed by atoms with Gasteiger partial charge in [0.15, 0.2) is 0 Å². The van der Waals surface area contributed by atoms with Crippen LogP contribution in [0.4, 0.5) is 0 Å². The smallest absolute Gasteiger partial charge is 0.328 e. The molecule has 230 valence electrons. The molecule has 3 heterocycles. The molecule has 2 saturated carbocycles. The van der Waals surface area contributed by atoms with Crippen LogP contribution in [-0.4, -0.2) is 41.1 Å². The maximum absolute atomic E-state index is 14.1. The number of carbonyl (C=O) groups excluding carboxylic acids is 1. The SMILES string of the molecule is CCn1c(C2(NC(=O)c3ccc4c(C5CCCC5)c(-c5cnccn5)n(C)c4c3)CCCC2)nc2ccc(C=CC(=O)O)cc21. The van der Waals surface area contributed by atoms with Gasteiger partial charge in [-0.2, -0.15) is 0 Å². The predicted octanol–water partition coefficient (Wildman–Crippen LogP) is 6.96. The fourth-order valence-electron chi connectivity index (χ4n) is 7.73. The first-order valence-electron chi connectivity index (χ1n) is 16.0. The Bertz CT molecular complexity index is 1940. The minimum atomic E-state index is -0.985. The third-order valence-corrected chi connectivity index (χ3v) is 9.82. The Morgan fingerprint density at radius 2 is 1.84 bits per heavy atom. The van der Waals surface area contributed by atoms with Crippen LogP contribution in [0.5, 0.6) is 0 Å². The van der Waals surface area contributed by atoms with Crippen LogP contribution in [0.15, 0.2) is 61.1 Å². The zero-order valence-corrected chi connectivity index (χ0v) is 25.8. The van der Waals surface area contributed by atoms with Gasteiger partial charge >= 0.3 is 5.97 Å². The van der Waals surface area contributed by atoms with E-state index in [0.29, 0.717) is 18.0 Å². The Morgan fingerprint density at radius 1 is 1.04 bits per heavy atom.